The highest BCUT2D eigenvalue weighted by molar-refractivity contribution is 5.85. The van der Waals surface area contributed by atoms with Crippen LogP contribution in [0.5, 0.6) is 0 Å². The molecular formula is C17H29ClN2O. The maximum Gasteiger partial charge on any atom is 0.220 e. The van der Waals surface area contributed by atoms with Crippen LogP contribution in [0.2, 0.25) is 0 Å². The Kier molecular flexibility index (Phi) is 4.52. The summed E-state index contributed by atoms with van der Waals surface area (Å²) in [6, 6.07) is 0. The van der Waals surface area contributed by atoms with Gasteiger partial charge in [-0.15, -0.1) is 12.4 Å². The number of rotatable bonds is 4. The molecule has 2 N–H and O–H groups in total. The highest BCUT2D eigenvalue weighted by Gasteiger charge is 2.51. The summed E-state index contributed by atoms with van der Waals surface area (Å²) in [7, 11) is 0. The number of halogens is 1. The van der Waals surface area contributed by atoms with E-state index in [-0.39, 0.29) is 17.9 Å². The highest BCUT2D eigenvalue weighted by atomic mass is 35.5. The molecule has 21 heavy (non-hydrogen) atoms. The van der Waals surface area contributed by atoms with Gasteiger partial charge in [-0.25, -0.2) is 0 Å². The maximum absolute atomic E-state index is 12.4. The fourth-order valence-electron chi connectivity index (χ4n) is 5.92. The SMILES string of the molecule is Cl.O=C(CCC1CCNC1)NC12CC3CC(CC(C3)C1)C2. The van der Waals surface area contributed by atoms with E-state index in [2.05, 4.69) is 10.6 Å². The first-order chi connectivity index (χ1) is 9.71. The molecule has 4 aliphatic carbocycles. The molecule has 5 fully saturated rings. The summed E-state index contributed by atoms with van der Waals surface area (Å²) in [5, 5.41) is 6.88. The zero-order chi connectivity index (χ0) is 13.6. The van der Waals surface area contributed by atoms with Crippen LogP contribution in [0.15, 0.2) is 0 Å². The van der Waals surface area contributed by atoms with Gasteiger partial charge in [0.15, 0.2) is 0 Å². The number of amides is 1. The molecule has 0 aromatic heterocycles. The van der Waals surface area contributed by atoms with Crippen LogP contribution in [0, 0.1) is 23.7 Å². The van der Waals surface area contributed by atoms with Crippen molar-refractivity contribution in [2.24, 2.45) is 23.7 Å². The molecule has 4 saturated carbocycles. The second-order valence-electron chi connectivity index (χ2n) is 8.14. The molecule has 1 saturated heterocycles. The van der Waals surface area contributed by atoms with E-state index < -0.39 is 0 Å². The lowest BCUT2D eigenvalue weighted by Crippen LogP contribution is -2.59. The van der Waals surface area contributed by atoms with Crippen LogP contribution in [0.3, 0.4) is 0 Å². The number of carbonyl (C=O) groups is 1. The van der Waals surface area contributed by atoms with E-state index >= 15 is 0 Å². The maximum atomic E-state index is 12.4. The molecule has 1 unspecified atom stereocenters. The summed E-state index contributed by atoms with van der Waals surface area (Å²) in [5.74, 6) is 3.82. The molecule has 1 heterocycles. The molecule has 5 aliphatic rings. The van der Waals surface area contributed by atoms with Crippen LogP contribution in [-0.2, 0) is 4.79 Å². The van der Waals surface area contributed by atoms with Gasteiger partial charge in [0.1, 0.15) is 0 Å². The number of nitrogens with one attached hydrogen (secondary N) is 2. The Balaban J connectivity index is 0.00000132. The van der Waals surface area contributed by atoms with E-state index in [1.54, 1.807) is 0 Å². The minimum Gasteiger partial charge on any atom is -0.351 e. The van der Waals surface area contributed by atoms with Gasteiger partial charge in [0, 0.05) is 12.0 Å². The molecule has 1 amide bonds. The van der Waals surface area contributed by atoms with E-state index in [0.717, 1.165) is 49.6 Å². The molecule has 0 spiro atoms. The first kappa shape index (κ1) is 15.6. The number of carbonyl (C=O) groups excluding carboxylic acids is 1. The van der Waals surface area contributed by atoms with Crippen LogP contribution in [0.4, 0.5) is 0 Å². The van der Waals surface area contributed by atoms with E-state index in [9.17, 15) is 4.79 Å². The van der Waals surface area contributed by atoms with Crippen molar-refractivity contribution in [2.75, 3.05) is 13.1 Å². The van der Waals surface area contributed by atoms with E-state index in [0.29, 0.717) is 5.91 Å². The van der Waals surface area contributed by atoms with Crippen molar-refractivity contribution in [2.45, 2.75) is 63.3 Å². The smallest absolute Gasteiger partial charge is 0.220 e. The molecule has 4 heteroatoms. The van der Waals surface area contributed by atoms with Gasteiger partial charge in [0.05, 0.1) is 0 Å². The fourth-order valence-corrected chi connectivity index (χ4v) is 5.92. The van der Waals surface area contributed by atoms with Gasteiger partial charge in [-0.3, -0.25) is 4.79 Å². The minimum atomic E-state index is 0. The van der Waals surface area contributed by atoms with Gasteiger partial charge in [-0.2, -0.15) is 0 Å². The molecule has 0 radical (unpaired) electrons. The largest absolute Gasteiger partial charge is 0.351 e. The average molecular weight is 313 g/mol. The third-order valence-electron chi connectivity index (χ3n) is 6.38. The third-order valence-corrected chi connectivity index (χ3v) is 6.38. The zero-order valence-electron chi connectivity index (χ0n) is 12.9. The second kappa shape index (κ2) is 6.08. The Labute approximate surface area is 134 Å². The van der Waals surface area contributed by atoms with Gasteiger partial charge < -0.3 is 10.6 Å². The fraction of sp³-hybridized carbons (Fsp3) is 0.941. The first-order valence-electron chi connectivity index (χ1n) is 8.72. The number of hydrogen-bond donors (Lipinski definition) is 2. The summed E-state index contributed by atoms with van der Waals surface area (Å²) >= 11 is 0. The lowest BCUT2D eigenvalue weighted by Gasteiger charge is -2.57. The summed E-state index contributed by atoms with van der Waals surface area (Å²) in [6.45, 7) is 2.26. The van der Waals surface area contributed by atoms with Crippen LogP contribution in [0.25, 0.3) is 0 Å². The summed E-state index contributed by atoms with van der Waals surface area (Å²) in [6.07, 6.45) is 11.2. The molecule has 5 rings (SSSR count). The topological polar surface area (TPSA) is 41.1 Å². The Morgan fingerprint density at radius 2 is 1.71 bits per heavy atom. The molecule has 1 atom stereocenters. The summed E-state index contributed by atoms with van der Waals surface area (Å²) in [5.41, 5.74) is 0.208. The average Bonchev–Trinajstić information content (AvgIpc) is 2.87. The lowest BCUT2D eigenvalue weighted by atomic mass is 9.53. The van der Waals surface area contributed by atoms with Gasteiger partial charge in [0.2, 0.25) is 5.91 Å². The molecular weight excluding hydrogens is 284 g/mol. The summed E-state index contributed by atoms with van der Waals surface area (Å²) in [4.78, 5) is 12.4. The minimum absolute atomic E-state index is 0. The van der Waals surface area contributed by atoms with Crippen molar-refractivity contribution >= 4 is 18.3 Å². The summed E-state index contributed by atoms with van der Waals surface area (Å²) < 4.78 is 0. The standard InChI is InChI=1S/C17H28N2O.ClH/c20-16(2-1-12-3-4-18-11-12)19-17-8-13-5-14(9-17)7-15(6-13)10-17;/h12-15,18H,1-11H2,(H,19,20);1H. The van der Waals surface area contributed by atoms with Gasteiger partial charge in [0.25, 0.3) is 0 Å². The Bertz CT molecular complexity index is 357. The van der Waals surface area contributed by atoms with Crippen LogP contribution >= 0.6 is 12.4 Å². The van der Waals surface area contributed by atoms with E-state index in [4.69, 9.17) is 0 Å². The normalized spacial score (nSPS) is 43.6. The Morgan fingerprint density at radius 1 is 1.10 bits per heavy atom. The molecule has 0 aromatic carbocycles. The Hall–Kier alpha value is -0.280. The Morgan fingerprint density at radius 3 is 2.24 bits per heavy atom. The molecule has 1 aliphatic heterocycles. The molecule has 120 valence electrons. The van der Waals surface area contributed by atoms with Crippen molar-refractivity contribution in [3.63, 3.8) is 0 Å². The zero-order valence-corrected chi connectivity index (χ0v) is 13.7. The van der Waals surface area contributed by atoms with Crippen molar-refractivity contribution in [3.8, 4) is 0 Å². The predicted octanol–water partition coefficient (Wildman–Crippen LogP) is 2.88. The first-order valence-corrected chi connectivity index (χ1v) is 8.72. The van der Waals surface area contributed by atoms with Crippen molar-refractivity contribution < 1.29 is 4.79 Å². The third kappa shape index (κ3) is 3.24. The molecule has 0 aromatic rings. The monoisotopic (exact) mass is 312 g/mol. The second-order valence-corrected chi connectivity index (χ2v) is 8.14. The highest BCUT2D eigenvalue weighted by Crippen LogP contribution is 2.55. The van der Waals surface area contributed by atoms with Crippen LogP contribution in [0.1, 0.15) is 57.8 Å². The van der Waals surface area contributed by atoms with Crippen LogP contribution < -0.4 is 10.6 Å². The van der Waals surface area contributed by atoms with E-state index in [1.807, 2.05) is 0 Å². The lowest BCUT2D eigenvalue weighted by molar-refractivity contribution is -0.127. The van der Waals surface area contributed by atoms with Crippen molar-refractivity contribution in [1.82, 2.24) is 10.6 Å². The van der Waals surface area contributed by atoms with Gasteiger partial charge >= 0.3 is 0 Å². The molecule has 3 nitrogen and oxygen atoms in total. The van der Waals surface area contributed by atoms with E-state index in [1.165, 1.54) is 44.9 Å². The van der Waals surface area contributed by atoms with Crippen LogP contribution in [-0.4, -0.2) is 24.5 Å². The van der Waals surface area contributed by atoms with Gasteiger partial charge in [-0.05, 0) is 88.1 Å². The predicted molar refractivity (Wildman–Crippen MR) is 86.5 cm³/mol. The van der Waals surface area contributed by atoms with Gasteiger partial charge in [-0.1, -0.05) is 0 Å². The molecule has 4 bridgehead atoms. The quantitative estimate of drug-likeness (QED) is 0.838. The number of hydrogen-bond acceptors (Lipinski definition) is 2. The van der Waals surface area contributed by atoms with Crippen molar-refractivity contribution in [3.05, 3.63) is 0 Å². The van der Waals surface area contributed by atoms with Crippen molar-refractivity contribution in [1.29, 1.82) is 0 Å².